The number of para-hydroxylation sites is 1. The summed E-state index contributed by atoms with van der Waals surface area (Å²) in [4.78, 5) is 12.5. The molecule has 0 aliphatic heterocycles. The van der Waals surface area contributed by atoms with E-state index >= 15 is 0 Å². The maximum atomic E-state index is 12.5. The molecule has 0 aliphatic carbocycles. The van der Waals surface area contributed by atoms with Gasteiger partial charge in [0.25, 0.3) is 5.91 Å². The van der Waals surface area contributed by atoms with Crippen LogP contribution in [0.5, 0.6) is 11.5 Å². The third-order valence-electron chi connectivity index (χ3n) is 4.26. The summed E-state index contributed by atoms with van der Waals surface area (Å²) in [6, 6.07) is 13.3. The van der Waals surface area contributed by atoms with Crippen molar-refractivity contribution in [3.05, 3.63) is 59.2 Å². The van der Waals surface area contributed by atoms with E-state index < -0.39 is 0 Å². The zero-order valence-corrected chi connectivity index (χ0v) is 16.7. The summed E-state index contributed by atoms with van der Waals surface area (Å²) in [6.07, 6.45) is 0. The number of carbonyl (C=O) groups is 1. The normalized spacial score (nSPS) is 11.9. The molecule has 146 valence electrons. The molecule has 1 amide bonds. The van der Waals surface area contributed by atoms with Gasteiger partial charge in [-0.3, -0.25) is 4.79 Å². The van der Waals surface area contributed by atoms with Crippen molar-refractivity contribution in [1.82, 2.24) is 5.32 Å². The molecule has 27 heavy (non-hydrogen) atoms. The monoisotopic (exact) mass is 371 g/mol. The Morgan fingerprint density at radius 3 is 2.44 bits per heavy atom. The molecule has 0 unspecified atom stereocenters. The van der Waals surface area contributed by atoms with Crippen molar-refractivity contribution in [1.29, 1.82) is 0 Å². The van der Waals surface area contributed by atoms with Crippen molar-refractivity contribution in [3.63, 3.8) is 0 Å². The van der Waals surface area contributed by atoms with Crippen LogP contribution in [0.15, 0.2) is 42.5 Å². The number of methoxy groups -OCH3 is 2. The van der Waals surface area contributed by atoms with Gasteiger partial charge in [-0.2, -0.15) is 0 Å². The minimum absolute atomic E-state index is 0.0674. The molecular formula is C22H29NO4. The Morgan fingerprint density at radius 2 is 1.78 bits per heavy atom. The maximum absolute atomic E-state index is 12.5. The molecule has 5 nitrogen and oxygen atoms in total. The van der Waals surface area contributed by atoms with Crippen LogP contribution in [0.4, 0.5) is 0 Å². The molecule has 0 radical (unpaired) electrons. The zero-order chi connectivity index (χ0) is 19.8. The van der Waals surface area contributed by atoms with E-state index in [4.69, 9.17) is 14.2 Å². The summed E-state index contributed by atoms with van der Waals surface area (Å²) in [5, 5.41) is 2.91. The van der Waals surface area contributed by atoms with E-state index in [1.807, 2.05) is 31.2 Å². The molecule has 5 heteroatoms. The summed E-state index contributed by atoms with van der Waals surface area (Å²) in [7, 11) is 3.22. The summed E-state index contributed by atoms with van der Waals surface area (Å²) < 4.78 is 16.5. The van der Waals surface area contributed by atoms with Crippen molar-refractivity contribution in [3.8, 4) is 11.5 Å². The van der Waals surface area contributed by atoms with Crippen LogP contribution in [0.1, 0.15) is 48.2 Å². The van der Waals surface area contributed by atoms with Crippen LogP contribution in [-0.4, -0.2) is 32.8 Å². The van der Waals surface area contributed by atoms with Crippen molar-refractivity contribution in [2.75, 3.05) is 20.8 Å². The van der Waals surface area contributed by atoms with Crippen LogP contribution >= 0.6 is 0 Å². The van der Waals surface area contributed by atoms with E-state index in [1.165, 1.54) is 0 Å². The third-order valence-corrected chi connectivity index (χ3v) is 4.26. The lowest BCUT2D eigenvalue weighted by Crippen LogP contribution is -2.35. The lowest BCUT2D eigenvalue weighted by atomic mass is 10.0. The van der Waals surface area contributed by atoms with Gasteiger partial charge in [-0.05, 0) is 42.7 Å². The molecule has 0 saturated carbocycles. The molecule has 0 bridgehead atoms. The smallest absolute Gasteiger partial charge is 0.251 e. The molecule has 0 spiro atoms. The van der Waals surface area contributed by atoms with E-state index in [2.05, 4.69) is 25.2 Å². The fraction of sp³-hybridized carbons (Fsp3) is 0.409. The van der Waals surface area contributed by atoms with Gasteiger partial charge in [0, 0.05) is 24.3 Å². The predicted molar refractivity (Wildman–Crippen MR) is 107 cm³/mol. The first kappa shape index (κ1) is 20.8. The summed E-state index contributed by atoms with van der Waals surface area (Å²) >= 11 is 0. The Labute approximate surface area is 161 Å². The van der Waals surface area contributed by atoms with Crippen molar-refractivity contribution < 1.29 is 19.0 Å². The van der Waals surface area contributed by atoms with Crippen LogP contribution in [0.25, 0.3) is 0 Å². The molecule has 2 aromatic rings. The highest BCUT2D eigenvalue weighted by Gasteiger charge is 2.14. The maximum Gasteiger partial charge on any atom is 0.251 e. The topological polar surface area (TPSA) is 56.8 Å². The average molecular weight is 371 g/mol. The number of amides is 1. The molecule has 0 saturated heterocycles. The number of benzene rings is 2. The second-order valence-electron chi connectivity index (χ2n) is 6.84. The summed E-state index contributed by atoms with van der Waals surface area (Å²) in [5.41, 5.74) is 2.54. The fourth-order valence-electron chi connectivity index (χ4n) is 2.88. The quantitative estimate of drug-likeness (QED) is 0.719. The molecule has 2 aromatic carbocycles. The largest absolute Gasteiger partial charge is 0.496 e. The van der Waals surface area contributed by atoms with E-state index in [0.29, 0.717) is 30.4 Å². The lowest BCUT2D eigenvalue weighted by Gasteiger charge is -2.16. The number of hydrogen-bond acceptors (Lipinski definition) is 4. The van der Waals surface area contributed by atoms with Gasteiger partial charge in [-0.15, -0.1) is 0 Å². The first-order valence-corrected chi connectivity index (χ1v) is 9.14. The van der Waals surface area contributed by atoms with Gasteiger partial charge < -0.3 is 19.5 Å². The number of carbonyl (C=O) groups excluding carboxylic acids is 1. The van der Waals surface area contributed by atoms with Crippen molar-refractivity contribution in [2.24, 2.45) is 0 Å². The van der Waals surface area contributed by atoms with Gasteiger partial charge in [-0.1, -0.05) is 32.0 Å². The van der Waals surface area contributed by atoms with E-state index in [1.54, 1.807) is 26.4 Å². The second-order valence-corrected chi connectivity index (χ2v) is 6.84. The van der Waals surface area contributed by atoms with Gasteiger partial charge in [-0.25, -0.2) is 0 Å². The number of hydrogen-bond donors (Lipinski definition) is 1. The van der Waals surface area contributed by atoms with Crippen molar-refractivity contribution >= 4 is 5.91 Å². The molecular weight excluding hydrogens is 342 g/mol. The summed E-state index contributed by atoms with van der Waals surface area (Å²) in [5.74, 6) is 1.75. The molecule has 0 aliphatic rings. The minimum atomic E-state index is -0.147. The van der Waals surface area contributed by atoms with Gasteiger partial charge in [0.05, 0.1) is 13.7 Å². The molecule has 2 rings (SSSR count). The van der Waals surface area contributed by atoms with Gasteiger partial charge >= 0.3 is 0 Å². The minimum Gasteiger partial charge on any atom is -0.496 e. The highest BCUT2D eigenvalue weighted by Crippen LogP contribution is 2.28. The SMILES string of the molecule is COC[C@H](C)NC(=O)c1ccc(OC)c(COc2ccccc2C(C)C)c1. The van der Waals surface area contributed by atoms with E-state index in [-0.39, 0.29) is 11.9 Å². The molecule has 0 heterocycles. The second kappa shape index (κ2) is 9.97. The van der Waals surface area contributed by atoms with Crippen LogP contribution < -0.4 is 14.8 Å². The third kappa shape index (κ3) is 5.73. The van der Waals surface area contributed by atoms with Crippen LogP contribution in [-0.2, 0) is 11.3 Å². The Hall–Kier alpha value is -2.53. The van der Waals surface area contributed by atoms with E-state index in [0.717, 1.165) is 16.9 Å². The summed E-state index contributed by atoms with van der Waals surface area (Å²) in [6.45, 7) is 6.95. The van der Waals surface area contributed by atoms with Gasteiger partial charge in [0.2, 0.25) is 0 Å². The first-order chi connectivity index (χ1) is 13.0. The molecule has 1 N–H and O–H groups in total. The first-order valence-electron chi connectivity index (χ1n) is 9.14. The van der Waals surface area contributed by atoms with E-state index in [9.17, 15) is 4.79 Å². The Morgan fingerprint density at radius 1 is 1.04 bits per heavy atom. The molecule has 0 fully saturated rings. The van der Waals surface area contributed by atoms with Gasteiger partial charge in [0.1, 0.15) is 18.1 Å². The van der Waals surface area contributed by atoms with Crippen LogP contribution in [0.2, 0.25) is 0 Å². The predicted octanol–water partition coefficient (Wildman–Crippen LogP) is 4.16. The Balaban J connectivity index is 2.17. The number of rotatable bonds is 9. The highest BCUT2D eigenvalue weighted by atomic mass is 16.5. The number of ether oxygens (including phenoxy) is 3. The van der Waals surface area contributed by atoms with Crippen molar-refractivity contribution in [2.45, 2.75) is 39.3 Å². The lowest BCUT2D eigenvalue weighted by molar-refractivity contribution is 0.0905. The molecule has 1 atom stereocenters. The zero-order valence-electron chi connectivity index (χ0n) is 16.7. The standard InChI is InChI=1S/C22H29NO4/c1-15(2)19-8-6-7-9-21(19)27-14-18-12-17(10-11-20(18)26-5)22(24)23-16(3)13-25-4/h6-12,15-16H,13-14H2,1-5H3,(H,23,24)/t16-/m0/s1. The Bertz CT molecular complexity index is 758. The Kier molecular flexibility index (Phi) is 7.67. The fourth-order valence-corrected chi connectivity index (χ4v) is 2.88. The van der Waals surface area contributed by atoms with Crippen LogP contribution in [0.3, 0.4) is 0 Å². The molecule has 0 aromatic heterocycles. The number of nitrogens with one attached hydrogen (secondary N) is 1. The van der Waals surface area contributed by atoms with Gasteiger partial charge in [0.15, 0.2) is 0 Å². The van der Waals surface area contributed by atoms with Crippen LogP contribution in [0, 0.1) is 0 Å². The highest BCUT2D eigenvalue weighted by molar-refractivity contribution is 5.94. The average Bonchev–Trinajstić information content (AvgIpc) is 2.66.